The van der Waals surface area contributed by atoms with E-state index in [0.29, 0.717) is 71.1 Å². The van der Waals surface area contributed by atoms with Crippen LogP contribution in [-0.4, -0.2) is 52.4 Å². The van der Waals surface area contributed by atoms with Crippen LogP contribution in [0.4, 0.5) is 15.9 Å². The molecule has 1 amide bonds. The van der Waals surface area contributed by atoms with Crippen LogP contribution >= 0.6 is 24.0 Å². The Morgan fingerprint density at radius 1 is 1.08 bits per heavy atom. The molecule has 1 aromatic heterocycles. The monoisotopic (exact) mass is 567 g/mol. The molecule has 2 aromatic rings. The van der Waals surface area contributed by atoms with Crippen LogP contribution in [0.15, 0.2) is 34.0 Å². The summed E-state index contributed by atoms with van der Waals surface area (Å²) >= 11 is 6.81. The van der Waals surface area contributed by atoms with Gasteiger partial charge in [0.25, 0.3) is 11.5 Å². The number of rotatable bonds is 9. The second kappa shape index (κ2) is 12.8. The van der Waals surface area contributed by atoms with Gasteiger partial charge in [0.1, 0.15) is 27.6 Å². The minimum Gasteiger partial charge on any atom is -0.366 e. The Morgan fingerprint density at radius 3 is 2.41 bits per heavy atom. The maximum Gasteiger partial charge on any atom is 0.270 e. The fourth-order valence-corrected chi connectivity index (χ4v) is 6.46. The van der Waals surface area contributed by atoms with E-state index in [1.807, 2.05) is 17.9 Å². The number of anilines is 2. The Hall–Kier alpha value is -3.16. The van der Waals surface area contributed by atoms with E-state index >= 15 is 0 Å². The summed E-state index contributed by atoms with van der Waals surface area (Å²) in [5, 5.41) is 9.83. The first-order valence-corrected chi connectivity index (χ1v) is 14.7. The minimum atomic E-state index is -0.343. The molecule has 10 heteroatoms. The van der Waals surface area contributed by atoms with Crippen LogP contribution in [0.2, 0.25) is 0 Å². The van der Waals surface area contributed by atoms with E-state index in [2.05, 4.69) is 17.9 Å². The molecular formula is C29H34FN5O2S2. The fraction of sp³-hybridized carbons (Fsp3) is 0.448. The van der Waals surface area contributed by atoms with Crippen LogP contribution in [0.5, 0.6) is 0 Å². The van der Waals surface area contributed by atoms with E-state index in [1.54, 1.807) is 34.6 Å². The van der Waals surface area contributed by atoms with Gasteiger partial charge < -0.3 is 9.80 Å². The van der Waals surface area contributed by atoms with Gasteiger partial charge in [-0.25, -0.2) is 4.39 Å². The first-order chi connectivity index (χ1) is 18.8. The number of nitriles is 1. The standard InChI is InChI=1S/C29H34FN5O2S2/c1-4-6-7-10-13-35-28(37)25(39-29(35)38)18-21-20(3)22(19-31)27(36)34(5-2)26(21)33-16-14-32(15-17-33)24-12-9-8-11-23(24)30/h8-9,11-12,18H,4-7,10,13-17H2,1-3H3/b25-18-. The number of amides is 1. The summed E-state index contributed by atoms with van der Waals surface area (Å²) in [6.07, 6.45) is 5.97. The first-order valence-electron chi connectivity index (χ1n) is 13.5. The summed E-state index contributed by atoms with van der Waals surface area (Å²) in [6, 6.07) is 8.80. The van der Waals surface area contributed by atoms with Crippen LogP contribution in [0.25, 0.3) is 6.08 Å². The van der Waals surface area contributed by atoms with Crippen molar-refractivity contribution < 1.29 is 9.18 Å². The molecule has 2 aliphatic rings. The molecule has 7 nitrogen and oxygen atoms in total. The van der Waals surface area contributed by atoms with Gasteiger partial charge in [-0.15, -0.1) is 0 Å². The number of halogens is 1. The number of pyridine rings is 1. The molecule has 1 aromatic carbocycles. The lowest BCUT2D eigenvalue weighted by Gasteiger charge is -2.39. The van der Waals surface area contributed by atoms with Crippen molar-refractivity contribution in [1.82, 2.24) is 9.47 Å². The van der Waals surface area contributed by atoms with E-state index in [4.69, 9.17) is 12.2 Å². The number of thioether (sulfide) groups is 1. The molecule has 206 valence electrons. The summed E-state index contributed by atoms with van der Waals surface area (Å²) in [5.74, 6) is 0.285. The molecular weight excluding hydrogens is 533 g/mol. The number of nitrogens with zero attached hydrogens (tertiary/aromatic N) is 5. The van der Waals surface area contributed by atoms with Crippen LogP contribution in [-0.2, 0) is 11.3 Å². The van der Waals surface area contributed by atoms with Gasteiger partial charge in [-0.05, 0) is 44.0 Å². The number of benzene rings is 1. The van der Waals surface area contributed by atoms with E-state index in [1.165, 1.54) is 17.8 Å². The number of carbonyl (C=O) groups is 1. The molecule has 0 unspecified atom stereocenters. The van der Waals surface area contributed by atoms with Crippen LogP contribution in [0.1, 0.15) is 56.2 Å². The Bertz CT molecular complexity index is 1390. The molecule has 0 N–H and O–H groups in total. The molecule has 2 fully saturated rings. The molecule has 0 bridgehead atoms. The second-order valence-corrected chi connectivity index (χ2v) is 11.4. The van der Waals surface area contributed by atoms with E-state index in [-0.39, 0.29) is 22.8 Å². The summed E-state index contributed by atoms with van der Waals surface area (Å²) in [7, 11) is 0. The van der Waals surface area contributed by atoms with Crippen molar-refractivity contribution >= 4 is 51.8 Å². The Kier molecular flexibility index (Phi) is 9.46. The number of carbonyl (C=O) groups excluding carboxylic acids is 1. The van der Waals surface area contributed by atoms with Gasteiger partial charge in [0.2, 0.25) is 0 Å². The number of piperazine rings is 1. The number of thiocarbonyl (C=S) groups is 1. The normalized spacial score (nSPS) is 16.9. The van der Waals surface area contributed by atoms with Gasteiger partial charge in [0.05, 0.1) is 10.6 Å². The number of unbranched alkanes of at least 4 members (excludes halogenated alkanes) is 3. The summed E-state index contributed by atoms with van der Waals surface area (Å²) in [6.45, 7) is 8.98. The average Bonchev–Trinajstić information content (AvgIpc) is 3.20. The highest BCUT2D eigenvalue weighted by molar-refractivity contribution is 8.26. The van der Waals surface area contributed by atoms with E-state index in [9.17, 15) is 19.2 Å². The highest BCUT2D eigenvalue weighted by Gasteiger charge is 2.33. The molecule has 2 aliphatic heterocycles. The topological polar surface area (TPSA) is 72.6 Å². The quantitative estimate of drug-likeness (QED) is 0.231. The number of aromatic nitrogens is 1. The number of hydrogen-bond acceptors (Lipinski definition) is 7. The lowest BCUT2D eigenvalue weighted by Crippen LogP contribution is -2.49. The number of para-hydroxylation sites is 1. The third-order valence-corrected chi connectivity index (χ3v) is 8.70. The van der Waals surface area contributed by atoms with Gasteiger partial charge in [-0.2, -0.15) is 5.26 Å². The molecule has 3 heterocycles. The Balaban J connectivity index is 1.70. The van der Waals surface area contributed by atoms with Gasteiger partial charge in [0.15, 0.2) is 0 Å². The largest absolute Gasteiger partial charge is 0.366 e. The van der Waals surface area contributed by atoms with Crippen LogP contribution in [0, 0.1) is 24.1 Å². The molecule has 0 saturated carbocycles. The van der Waals surface area contributed by atoms with Crippen molar-refractivity contribution in [1.29, 1.82) is 5.26 Å². The van der Waals surface area contributed by atoms with Gasteiger partial charge in [0, 0.05) is 44.8 Å². The van der Waals surface area contributed by atoms with Crippen molar-refractivity contribution in [2.24, 2.45) is 0 Å². The lowest BCUT2D eigenvalue weighted by molar-refractivity contribution is -0.122. The smallest absolute Gasteiger partial charge is 0.270 e. The summed E-state index contributed by atoms with van der Waals surface area (Å²) in [5.41, 5.74) is 1.52. The Labute approximate surface area is 238 Å². The molecule has 4 rings (SSSR count). The Morgan fingerprint density at radius 2 is 1.77 bits per heavy atom. The lowest BCUT2D eigenvalue weighted by atomic mass is 10.0. The third kappa shape index (κ3) is 5.89. The highest BCUT2D eigenvalue weighted by Crippen LogP contribution is 2.36. The van der Waals surface area contributed by atoms with Crippen molar-refractivity contribution in [3.63, 3.8) is 0 Å². The molecule has 0 aliphatic carbocycles. The van der Waals surface area contributed by atoms with Crippen molar-refractivity contribution in [2.45, 2.75) is 53.0 Å². The zero-order valence-electron chi connectivity index (χ0n) is 22.7. The van der Waals surface area contributed by atoms with Crippen LogP contribution in [0.3, 0.4) is 0 Å². The molecule has 0 radical (unpaired) electrons. The molecule has 39 heavy (non-hydrogen) atoms. The predicted octanol–water partition coefficient (Wildman–Crippen LogP) is 5.30. The predicted molar refractivity (Wildman–Crippen MR) is 161 cm³/mol. The molecule has 2 saturated heterocycles. The fourth-order valence-electron chi connectivity index (χ4n) is 5.17. The summed E-state index contributed by atoms with van der Waals surface area (Å²) < 4.78 is 16.6. The molecule has 0 atom stereocenters. The average molecular weight is 568 g/mol. The third-order valence-electron chi connectivity index (χ3n) is 7.32. The molecule has 0 spiro atoms. The van der Waals surface area contributed by atoms with Crippen molar-refractivity contribution in [2.75, 3.05) is 42.5 Å². The zero-order chi connectivity index (χ0) is 28.1. The van der Waals surface area contributed by atoms with E-state index < -0.39 is 0 Å². The van der Waals surface area contributed by atoms with Gasteiger partial charge in [-0.3, -0.25) is 19.1 Å². The van der Waals surface area contributed by atoms with Crippen molar-refractivity contribution in [3.8, 4) is 6.07 Å². The first kappa shape index (κ1) is 28.8. The zero-order valence-corrected chi connectivity index (χ0v) is 24.3. The van der Waals surface area contributed by atoms with Gasteiger partial charge in [-0.1, -0.05) is 62.3 Å². The maximum atomic E-state index is 14.4. The van der Waals surface area contributed by atoms with Crippen LogP contribution < -0.4 is 15.4 Å². The van der Waals surface area contributed by atoms with Gasteiger partial charge >= 0.3 is 0 Å². The SMILES string of the molecule is CCCCCCN1C(=O)/C(=C/c2c(C)c(C#N)c(=O)n(CC)c2N2CCN(c3ccccc3F)CC2)SC1=S. The van der Waals surface area contributed by atoms with Crippen molar-refractivity contribution in [3.05, 3.63) is 62.0 Å². The number of hydrogen-bond donors (Lipinski definition) is 0. The minimum absolute atomic E-state index is 0.0758. The van der Waals surface area contributed by atoms with E-state index in [0.717, 1.165) is 25.7 Å². The second-order valence-electron chi connectivity index (χ2n) is 9.72. The highest BCUT2D eigenvalue weighted by atomic mass is 32.2. The summed E-state index contributed by atoms with van der Waals surface area (Å²) in [4.78, 5) is 32.9. The maximum absolute atomic E-state index is 14.4.